The number of piperidine rings is 1. The number of halogens is 1. The van der Waals surface area contributed by atoms with Gasteiger partial charge < -0.3 is 10.6 Å². The molecule has 1 saturated heterocycles. The molecule has 1 unspecified atom stereocenters. The van der Waals surface area contributed by atoms with Gasteiger partial charge in [-0.15, -0.1) is 24.0 Å². The average Bonchev–Trinajstić information content (AvgIpc) is 2.70. The number of likely N-dealkylation sites (tertiary alicyclic amines) is 1. The molecule has 0 aromatic heterocycles. The first-order valence-electron chi connectivity index (χ1n) is 11.1. The minimum atomic E-state index is -3.36. The van der Waals surface area contributed by atoms with Crippen molar-refractivity contribution in [3.8, 4) is 0 Å². The zero-order valence-corrected chi connectivity index (χ0v) is 22.5. The van der Waals surface area contributed by atoms with Crippen LogP contribution in [0.25, 0.3) is 0 Å². The lowest BCUT2D eigenvalue weighted by atomic mass is 10.0. The first kappa shape index (κ1) is 28.1. The van der Waals surface area contributed by atoms with Crippen molar-refractivity contribution in [2.75, 3.05) is 26.7 Å². The van der Waals surface area contributed by atoms with Crippen LogP contribution in [0, 0.1) is 0 Å². The molecule has 0 radical (unpaired) electrons. The molecule has 7 nitrogen and oxygen atoms in total. The molecule has 1 heterocycles. The van der Waals surface area contributed by atoms with Crippen LogP contribution in [-0.4, -0.2) is 58.0 Å². The van der Waals surface area contributed by atoms with Crippen molar-refractivity contribution in [3.05, 3.63) is 35.4 Å². The van der Waals surface area contributed by atoms with Crippen molar-refractivity contribution in [2.45, 2.75) is 70.8 Å². The van der Waals surface area contributed by atoms with E-state index in [4.69, 9.17) is 0 Å². The third kappa shape index (κ3) is 10.0. The fourth-order valence-electron chi connectivity index (χ4n) is 4.01. The Labute approximate surface area is 205 Å². The Balaban J connectivity index is 0.00000480. The molecule has 31 heavy (non-hydrogen) atoms. The molecule has 1 aliphatic rings. The Morgan fingerprint density at radius 1 is 1.19 bits per heavy atom. The third-order valence-electron chi connectivity index (χ3n) is 5.46. The molecule has 0 spiro atoms. The maximum absolute atomic E-state index is 12.3. The van der Waals surface area contributed by atoms with Crippen LogP contribution >= 0.6 is 24.0 Å². The second-order valence-electron chi connectivity index (χ2n) is 8.25. The van der Waals surface area contributed by atoms with Crippen LogP contribution in [0.5, 0.6) is 0 Å². The monoisotopic (exact) mass is 565 g/mol. The van der Waals surface area contributed by atoms with Crippen LogP contribution in [0.3, 0.4) is 0 Å². The zero-order valence-electron chi connectivity index (χ0n) is 19.4. The molecule has 2 rings (SSSR count). The summed E-state index contributed by atoms with van der Waals surface area (Å²) in [5, 5.41) is 6.71. The first-order chi connectivity index (χ1) is 14.3. The molecule has 1 aromatic carbocycles. The van der Waals surface area contributed by atoms with E-state index < -0.39 is 10.0 Å². The van der Waals surface area contributed by atoms with Crippen LogP contribution in [0.15, 0.2) is 29.3 Å². The Bertz CT molecular complexity index is 786. The molecular weight excluding hydrogens is 525 g/mol. The molecule has 0 saturated carbocycles. The number of sulfonamides is 1. The summed E-state index contributed by atoms with van der Waals surface area (Å²) in [7, 11) is -1.61. The third-order valence-corrected chi connectivity index (χ3v) is 6.98. The molecular formula is C22H40IN5O2S. The standard InChI is InChI=1S/C22H39N5O2S.HI/c1-5-21-12-8-9-14-27(21)15-13-24-22(23-4)25-16-19-10-6-7-11-20(19)17-30(28,29)26-18(2)3;/h6-7,10-11,18,21,26H,5,8-9,12-17H2,1-4H3,(H2,23,24,25);1H. The first-order valence-corrected chi connectivity index (χ1v) is 12.7. The van der Waals surface area contributed by atoms with Gasteiger partial charge >= 0.3 is 0 Å². The second-order valence-corrected chi connectivity index (χ2v) is 10.0. The summed E-state index contributed by atoms with van der Waals surface area (Å²) in [5.74, 6) is 0.709. The zero-order chi connectivity index (χ0) is 22.0. The summed E-state index contributed by atoms with van der Waals surface area (Å²) in [5.41, 5.74) is 1.75. The minimum Gasteiger partial charge on any atom is -0.355 e. The highest BCUT2D eigenvalue weighted by atomic mass is 127. The van der Waals surface area contributed by atoms with Crippen molar-refractivity contribution < 1.29 is 8.42 Å². The van der Waals surface area contributed by atoms with Crippen LogP contribution in [0.4, 0.5) is 0 Å². The fourth-order valence-corrected chi connectivity index (χ4v) is 5.50. The van der Waals surface area contributed by atoms with Crippen molar-refractivity contribution in [1.82, 2.24) is 20.3 Å². The molecule has 1 fully saturated rings. The highest BCUT2D eigenvalue weighted by Crippen LogP contribution is 2.18. The van der Waals surface area contributed by atoms with Crippen LogP contribution in [0.1, 0.15) is 57.6 Å². The van der Waals surface area contributed by atoms with Gasteiger partial charge in [-0.2, -0.15) is 0 Å². The van der Waals surface area contributed by atoms with E-state index in [1.54, 1.807) is 7.05 Å². The number of rotatable bonds is 10. The molecule has 3 N–H and O–H groups in total. The number of nitrogens with one attached hydrogen (secondary N) is 3. The van der Waals surface area contributed by atoms with E-state index >= 15 is 0 Å². The number of benzene rings is 1. The van der Waals surface area contributed by atoms with Crippen molar-refractivity contribution in [2.24, 2.45) is 4.99 Å². The molecule has 1 aliphatic heterocycles. The summed E-state index contributed by atoms with van der Waals surface area (Å²) in [6, 6.07) is 8.22. The lowest BCUT2D eigenvalue weighted by Crippen LogP contribution is -2.45. The van der Waals surface area contributed by atoms with E-state index in [-0.39, 0.29) is 35.8 Å². The maximum atomic E-state index is 12.3. The van der Waals surface area contributed by atoms with E-state index in [0.717, 1.165) is 30.2 Å². The SMILES string of the molecule is CCC1CCCCN1CCNC(=NC)NCc1ccccc1CS(=O)(=O)NC(C)C.I. The van der Waals surface area contributed by atoms with Gasteiger partial charge in [0, 0.05) is 38.8 Å². The number of nitrogens with zero attached hydrogens (tertiary/aromatic N) is 2. The van der Waals surface area contributed by atoms with Crippen LogP contribution in [0.2, 0.25) is 0 Å². The highest BCUT2D eigenvalue weighted by molar-refractivity contribution is 14.0. The van der Waals surface area contributed by atoms with E-state index in [0.29, 0.717) is 12.6 Å². The summed E-state index contributed by atoms with van der Waals surface area (Å²) in [4.78, 5) is 6.89. The van der Waals surface area contributed by atoms with Crippen LogP contribution in [-0.2, 0) is 22.3 Å². The normalized spacial score (nSPS) is 18.0. The summed E-state index contributed by atoms with van der Waals surface area (Å²) >= 11 is 0. The predicted octanol–water partition coefficient (Wildman–Crippen LogP) is 3.06. The maximum Gasteiger partial charge on any atom is 0.216 e. The number of guanidine groups is 1. The van der Waals surface area contributed by atoms with E-state index in [9.17, 15) is 8.42 Å². The topological polar surface area (TPSA) is 85.8 Å². The summed E-state index contributed by atoms with van der Waals surface area (Å²) in [6.07, 6.45) is 5.13. The number of hydrogen-bond donors (Lipinski definition) is 3. The van der Waals surface area contributed by atoms with Gasteiger partial charge in [-0.05, 0) is 50.8 Å². The van der Waals surface area contributed by atoms with Crippen molar-refractivity contribution in [3.63, 3.8) is 0 Å². The smallest absolute Gasteiger partial charge is 0.216 e. The van der Waals surface area contributed by atoms with Gasteiger partial charge in [0.1, 0.15) is 0 Å². The predicted molar refractivity (Wildman–Crippen MR) is 140 cm³/mol. The number of hydrogen-bond acceptors (Lipinski definition) is 4. The highest BCUT2D eigenvalue weighted by Gasteiger charge is 2.20. The summed E-state index contributed by atoms with van der Waals surface area (Å²) < 4.78 is 27.3. The average molecular weight is 566 g/mol. The molecule has 0 aliphatic carbocycles. The van der Waals surface area contributed by atoms with Gasteiger partial charge in [0.2, 0.25) is 10.0 Å². The van der Waals surface area contributed by atoms with Gasteiger partial charge in [0.25, 0.3) is 0 Å². The molecule has 1 atom stereocenters. The van der Waals surface area contributed by atoms with Gasteiger partial charge in [0.15, 0.2) is 5.96 Å². The van der Waals surface area contributed by atoms with E-state index in [2.05, 4.69) is 32.2 Å². The Kier molecular flexibility index (Phi) is 13.0. The van der Waals surface area contributed by atoms with Gasteiger partial charge in [-0.1, -0.05) is 37.6 Å². The Morgan fingerprint density at radius 3 is 2.55 bits per heavy atom. The largest absolute Gasteiger partial charge is 0.355 e. The minimum absolute atomic E-state index is 0. The number of aliphatic imine (C=N–C) groups is 1. The Morgan fingerprint density at radius 2 is 1.90 bits per heavy atom. The van der Waals surface area contributed by atoms with Crippen molar-refractivity contribution in [1.29, 1.82) is 0 Å². The van der Waals surface area contributed by atoms with Gasteiger partial charge in [-0.3, -0.25) is 9.89 Å². The van der Waals surface area contributed by atoms with Gasteiger partial charge in [-0.25, -0.2) is 13.1 Å². The van der Waals surface area contributed by atoms with E-state index in [1.165, 1.54) is 32.2 Å². The van der Waals surface area contributed by atoms with Crippen molar-refractivity contribution >= 4 is 40.0 Å². The molecule has 1 aromatic rings. The molecule has 178 valence electrons. The lowest BCUT2D eigenvalue weighted by molar-refractivity contribution is 0.147. The Hall–Kier alpha value is -0.910. The quantitative estimate of drug-likeness (QED) is 0.231. The molecule has 0 bridgehead atoms. The molecule has 9 heteroatoms. The fraction of sp³-hybridized carbons (Fsp3) is 0.682. The molecule has 0 amide bonds. The van der Waals surface area contributed by atoms with E-state index in [1.807, 2.05) is 38.1 Å². The van der Waals surface area contributed by atoms with Gasteiger partial charge in [0.05, 0.1) is 5.75 Å². The second kappa shape index (κ2) is 14.3. The van der Waals surface area contributed by atoms with Crippen LogP contribution < -0.4 is 15.4 Å². The lowest BCUT2D eigenvalue weighted by Gasteiger charge is -2.35. The summed E-state index contributed by atoms with van der Waals surface area (Å²) in [6.45, 7) is 9.47.